The molecule has 2 heterocycles. The second kappa shape index (κ2) is 12.4. The molecule has 9 nitrogen and oxygen atoms in total. The van der Waals surface area contributed by atoms with Crippen LogP contribution in [-0.4, -0.2) is 49.3 Å². The van der Waals surface area contributed by atoms with Gasteiger partial charge in [-0.1, -0.05) is 42.1 Å². The number of amidine groups is 1. The van der Waals surface area contributed by atoms with Crippen molar-refractivity contribution < 1.29 is 19.1 Å². The van der Waals surface area contributed by atoms with E-state index in [0.29, 0.717) is 40.2 Å². The maximum absolute atomic E-state index is 14.0. The van der Waals surface area contributed by atoms with Crippen molar-refractivity contribution in [2.24, 2.45) is 4.99 Å². The van der Waals surface area contributed by atoms with E-state index in [2.05, 4.69) is 16.1 Å². The molecule has 2 aliphatic heterocycles. The fraction of sp³-hybridized carbons (Fsp3) is 0.200. The van der Waals surface area contributed by atoms with Gasteiger partial charge >= 0.3 is 5.97 Å². The summed E-state index contributed by atoms with van der Waals surface area (Å²) in [4.78, 5) is 35.6. The van der Waals surface area contributed by atoms with Gasteiger partial charge in [0, 0.05) is 24.6 Å². The second-order valence-corrected chi connectivity index (χ2v) is 11.0. The van der Waals surface area contributed by atoms with Crippen molar-refractivity contribution in [1.82, 2.24) is 4.90 Å². The van der Waals surface area contributed by atoms with Crippen LogP contribution < -0.4 is 15.0 Å². The minimum Gasteiger partial charge on any atom is -0.482 e. The van der Waals surface area contributed by atoms with Crippen LogP contribution >= 0.6 is 23.5 Å². The van der Waals surface area contributed by atoms with E-state index in [0.717, 1.165) is 26.9 Å². The van der Waals surface area contributed by atoms with Crippen molar-refractivity contribution >= 4 is 57.6 Å². The quantitative estimate of drug-likeness (QED) is 0.262. The Kier molecular flexibility index (Phi) is 8.52. The van der Waals surface area contributed by atoms with Crippen LogP contribution in [0.25, 0.3) is 0 Å². The number of benzene rings is 3. The van der Waals surface area contributed by atoms with Gasteiger partial charge in [0.05, 0.1) is 47.4 Å². The number of hydrogen-bond acceptors (Lipinski definition) is 10. The van der Waals surface area contributed by atoms with Crippen LogP contribution in [0.1, 0.15) is 18.1 Å². The molecule has 2 aliphatic rings. The highest BCUT2D eigenvalue weighted by Crippen LogP contribution is 2.51. The van der Waals surface area contributed by atoms with E-state index in [9.17, 15) is 14.9 Å². The number of carbonyl (C=O) groups excluding carboxylic acids is 2. The molecule has 0 unspecified atom stereocenters. The molecule has 0 bridgehead atoms. The van der Waals surface area contributed by atoms with Crippen LogP contribution in [0.4, 0.5) is 17.1 Å². The van der Waals surface area contributed by atoms with Gasteiger partial charge < -0.3 is 19.7 Å². The number of esters is 1. The third-order valence-corrected chi connectivity index (χ3v) is 8.77. The van der Waals surface area contributed by atoms with Gasteiger partial charge in [0.15, 0.2) is 11.8 Å². The lowest BCUT2D eigenvalue weighted by atomic mass is 10.2. The van der Waals surface area contributed by atoms with Gasteiger partial charge in [-0.05, 0) is 54.6 Å². The van der Waals surface area contributed by atoms with E-state index in [1.807, 2.05) is 67.4 Å². The van der Waals surface area contributed by atoms with Gasteiger partial charge in [-0.25, -0.2) is 9.79 Å². The zero-order valence-corrected chi connectivity index (χ0v) is 24.3. The third-order valence-electron chi connectivity index (χ3n) is 6.34. The molecule has 0 aromatic heterocycles. The molecule has 0 saturated carbocycles. The standard InChI is InChI=1S/C30H27N5O4S2/c1-4-32-22-12-10-20(16-31)14-23(22)33-30-35(17-19-8-6-5-7-9-19)28(37)27(41-30)29-34(2)24-15-21(11-13-25(24)40-29)39-18-26(36)38-3/h5-15,32H,4,17-18H2,1-3H3. The Balaban J connectivity index is 1.52. The highest BCUT2D eigenvalue weighted by atomic mass is 32.2. The number of methoxy groups -OCH3 is 1. The first kappa shape index (κ1) is 28.1. The summed E-state index contributed by atoms with van der Waals surface area (Å²) >= 11 is 2.81. The minimum absolute atomic E-state index is 0.150. The van der Waals surface area contributed by atoms with Gasteiger partial charge in [0.2, 0.25) is 0 Å². The van der Waals surface area contributed by atoms with Crippen molar-refractivity contribution in [3.05, 3.63) is 87.8 Å². The minimum atomic E-state index is -0.466. The van der Waals surface area contributed by atoms with Crippen molar-refractivity contribution in [1.29, 1.82) is 5.26 Å². The zero-order chi connectivity index (χ0) is 28.9. The second-order valence-electron chi connectivity index (χ2n) is 9.04. The molecule has 0 spiro atoms. The Labute approximate surface area is 246 Å². The summed E-state index contributed by atoms with van der Waals surface area (Å²) in [5.74, 6) is -0.0881. The fourth-order valence-electron chi connectivity index (χ4n) is 4.28. The van der Waals surface area contributed by atoms with Crippen LogP contribution in [0.15, 0.2) is 86.6 Å². The van der Waals surface area contributed by atoms with Crippen molar-refractivity contribution in [2.75, 3.05) is 37.5 Å². The Hall–Kier alpha value is -4.40. The molecular weight excluding hydrogens is 558 g/mol. The summed E-state index contributed by atoms with van der Waals surface area (Å²) in [7, 11) is 3.21. The summed E-state index contributed by atoms with van der Waals surface area (Å²) < 4.78 is 10.2. The Morgan fingerprint density at radius 2 is 1.90 bits per heavy atom. The molecule has 41 heavy (non-hydrogen) atoms. The van der Waals surface area contributed by atoms with Gasteiger partial charge in [-0.2, -0.15) is 5.26 Å². The summed E-state index contributed by atoms with van der Waals surface area (Å²) in [6.45, 7) is 2.84. The Morgan fingerprint density at radius 3 is 2.63 bits per heavy atom. The summed E-state index contributed by atoms with van der Waals surface area (Å²) in [5, 5.41) is 14.1. The molecular formula is C30H27N5O4S2. The van der Waals surface area contributed by atoms with Gasteiger partial charge in [0.1, 0.15) is 10.7 Å². The van der Waals surface area contributed by atoms with Crippen LogP contribution in [0.3, 0.4) is 0 Å². The van der Waals surface area contributed by atoms with Gasteiger partial charge in [-0.3, -0.25) is 9.69 Å². The number of nitrogens with zero attached hydrogens (tertiary/aromatic N) is 4. The first-order valence-corrected chi connectivity index (χ1v) is 14.4. The number of carbonyl (C=O) groups is 2. The largest absolute Gasteiger partial charge is 0.482 e. The van der Waals surface area contributed by atoms with E-state index in [1.54, 1.807) is 23.1 Å². The van der Waals surface area contributed by atoms with E-state index in [4.69, 9.17) is 9.73 Å². The molecule has 1 saturated heterocycles. The summed E-state index contributed by atoms with van der Waals surface area (Å²) in [6.07, 6.45) is 0. The highest BCUT2D eigenvalue weighted by Gasteiger charge is 2.39. The number of nitrogens with one attached hydrogen (secondary N) is 1. The molecule has 5 rings (SSSR count). The normalized spacial score (nSPS) is 17.0. The molecule has 1 N–H and O–H groups in total. The molecule has 208 valence electrons. The van der Waals surface area contributed by atoms with Crippen molar-refractivity contribution in [3.63, 3.8) is 0 Å². The van der Waals surface area contributed by atoms with Gasteiger partial charge in [-0.15, -0.1) is 0 Å². The van der Waals surface area contributed by atoms with Crippen molar-refractivity contribution in [3.8, 4) is 11.8 Å². The molecule has 11 heteroatoms. The van der Waals surface area contributed by atoms with Crippen LogP contribution in [-0.2, 0) is 20.9 Å². The van der Waals surface area contributed by atoms with E-state index < -0.39 is 5.97 Å². The van der Waals surface area contributed by atoms with Crippen molar-refractivity contribution in [2.45, 2.75) is 18.4 Å². The first-order valence-electron chi connectivity index (χ1n) is 12.8. The lowest BCUT2D eigenvalue weighted by Crippen LogP contribution is -2.29. The molecule has 0 radical (unpaired) electrons. The first-order chi connectivity index (χ1) is 19.9. The average Bonchev–Trinajstić information content (AvgIpc) is 3.48. The number of ether oxygens (including phenoxy) is 2. The number of aliphatic imine (C=N–C) groups is 1. The summed E-state index contributed by atoms with van der Waals surface area (Å²) in [6, 6.07) is 22.8. The number of rotatable bonds is 8. The molecule has 0 aliphatic carbocycles. The van der Waals surface area contributed by atoms with Crippen LogP contribution in [0, 0.1) is 11.3 Å². The Morgan fingerprint density at radius 1 is 1.10 bits per heavy atom. The SMILES string of the molecule is CCNc1ccc(C#N)cc1N=C1SC(=C2Sc3ccc(OCC(=O)OC)cc3N2C)C(=O)N1Cc1ccccc1. The molecule has 1 fully saturated rings. The predicted molar refractivity (Wildman–Crippen MR) is 162 cm³/mol. The lowest BCUT2D eigenvalue weighted by molar-refractivity contribution is -0.142. The lowest BCUT2D eigenvalue weighted by Gasteiger charge is -2.17. The number of amides is 1. The molecule has 3 aromatic carbocycles. The van der Waals surface area contributed by atoms with E-state index in [1.165, 1.54) is 30.6 Å². The smallest absolute Gasteiger partial charge is 0.343 e. The number of fused-ring (bicyclic) bond motifs is 1. The van der Waals surface area contributed by atoms with Gasteiger partial charge in [0.25, 0.3) is 5.91 Å². The summed E-state index contributed by atoms with van der Waals surface area (Å²) in [5.41, 5.74) is 3.70. The van der Waals surface area contributed by atoms with Crippen LogP contribution in [0.5, 0.6) is 5.75 Å². The highest BCUT2D eigenvalue weighted by molar-refractivity contribution is 8.19. The Bertz CT molecular complexity index is 1600. The van der Waals surface area contributed by atoms with E-state index >= 15 is 0 Å². The number of thioether (sulfide) groups is 2. The van der Waals surface area contributed by atoms with E-state index in [-0.39, 0.29) is 12.5 Å². The average molecular weight is 586 g/mol. The zero-order valence-electron chi connectivity index (χ0n) is 22.7. The molecule has 0 atom stereocenters. The topological polar surface area (TPSA) is 107 Å². The maximum Gasteiger partial charge on any atom is 0.343 e. The maximum atomic E-state index is 14.0. The number of hydrogen-bond donors (Lipinski definition) is 1. The fourth-order valence-corrected chi connectivity index (χ4v) is 6.59. The number of nitriles is 1. The predicted octanol–water partition coefficient (Wildman–Crippen LogP) is 5.72. The third kappa shape index (κ3) is 6.04. The molecule has 3 aromatic rings. The van der Waals surface area contributed by atoms with Crippen LogP contribution in [0.2, 0.25) is 0 Å². The molecule has 1 amide bonds. The number of anilines is 2. The monoisotopic (exact) mass is 585 g/mol.